The molecule has 0 atom stereocenters. The zero-order valence-electron chi connectivity index (χ0n) is 16.9. The summed E-state index contributed by atoms with van der Waals surface area (Å²) in [4.78, 5) is 24.3. The second-order valence-electron chi connectivity index (χ2n) is 7.48. The van der Waals surface area contributed by atoms with Crippen LogP contribution in [0, 0.1) is 0 Å². The molecule has 7 heteroatoms. The summed E-state index contributed by atoms with van der Waals surface area (Å²) in [6, 6.07) is 11.9. The first-order chi connectivity index (χ1) is 14.6. The number of nitrogens with one attached hydrogen (secondary N) is 1. The van der Waals surface area contributed by atoms with Crippen molar-refractivity contribution in [1.82, 2.24) is 0 Å². The van der Waals surface area contributed by atoms with Gasteiger partial charge in [-0.25, -0.2) is 4.79 Å². The van der Waals surface area contributed by atoms with Gasteiger partial charge in [0.05, 0.1) is 12.2 Å². The molecule has 4 rings (SSSR count). The highest BCUT2D eigenvalue weighted by Crippen LogP contribution is 2.47. The zero-order valence-corrected chi connectivity index (χ0v) is 16.9. The Hall–Kier alpha value is -3.22. The molecule has 1 N–H and O–H groups in total. The van der Waals surface area contributed by atoms with E-state index in [0.29, 0.717) is 35.1 Å². The summed E-state index contributed by atoms with van der Waals surface area (Å²) in [5.41, 5.74) is 0.919. The number of benzene rings is 2. The van der Waals surface area contributed by atoms with Crippen LogP contribution in [0.5, 0.6) is 17.2 Å². The van der Waals surface area contributed by atoms with Crippen molar-refractivity contribution >= 4 is 17.6 Å². The van der Waals surface area contributed by atoms with Crippen LogP contribution >= 0.6 is 0 Å². The fourth-order valence-corrected chi connectivity index (χ4v) is 3.61. The first-order valence-electron chi connectivity index (χ1n) is 10.3. The average molecular weight is 411 g/mol. The van der Waals surface area contributed by atoms with Gasteiger partial charge < -0.3 is 24.3 Å². The topological polar surface area (TPSA) is 83.1 Å². The van der Waals surface area contributed by atoms with Crippen LogP contribution < -0.4 is 19.5 Å². The van der Waals surface area contributed by atoms with Crippen molar-refractivity contribution < 1.29 is 28.5 Å². The maximum Gasteiger partial charge on any atom is 0.338 e. The van der Waals surface area contributed by atoms with Crippen molar-refractivity contribution in [2.45, 2.75) is 44.8 Å². The fraction of sp³-hybridized carbons (Fsp3) is 0.391. The minimum atomic E-state index is -0.568. The van der Waals surface area contributed by atoms with E-state index in [9.17, 15) is 9.59 Å². The van der Waals surface area contributed by atoms with Crippen LogP contribution in [0.3, 0.4) is 0 Å². The Morgan fingerprint density at radius 3 is 2.50 bits per heavy atom. The highest BCUT2D eigenvalue weighted by atomic mass is 16.7. The highest BCUT2D eigenvalue weighted by Gasteiger charge is 2.44. The van der Waals surface area contributed by atoms with E-state index in [1.807, 2.05) is 6.92 Å². The highest BCUT2D eigenvalue weighted by molar-refractivity contribution is 5.95. The monoisotopic (exact) mass is 411 g/mol. The molecule has 2 aromatic carbocycles. The number of amides is 1. The molecule has 7 nitrogen and oxygen atoms in total. The van der Waals surface area contributed by atoms with Crippen LogP contribution in [-0.4, -0.2) is 30.9 Å². The van der Waals surface area contributed by atoms with Gasteiger partial charge in [-0.1, -0.05) is 6.92 Å². The summed E-state index contributed by atoms with van der Waals surface area (Å²) in [6.45, 7) is 2.25. The quantitative estimate of drug-likeness (QED) is 0.684. The molecule has 2 aliphatic rings. The number of rotatable bonds is 7. The second kappa shape index (κ2) is 8.65. The third kappa shape index (κ3) is 4.50. The SMILES string of the molecule is CCCOc1ccc(C(=O)OCC(=O)Nc2ccc3c(c2)OC2(CCCC2)O3)cc1. The molecule has 1 spiro atoms. The van der Waals surface area contributed by atoms with Crippen molar-refractivity contribution in [2.75, 3.05) is 18.5 Å². The molecule has 0 radical (unpaired) electrons. The molecule has 0 unspecified atom stereocenters. The first kappa shape index (κ1) is 20.1. The van der Waals surface area contributed by atoms with E-state index >= 15 is 0 Å². The Kier molecular flexibility index (Phi) is 5.79. The van der Waals surface area contributed by atoms with Gasteiger partial charge in [0.15, 0.2) is 18.1 Å². The van der Waals surface area contributed by atoms with Gasteiger partial charge >= 0.3 is 5.97 Å². The lowest BCUT2D eigenvalue weighted by molar-refractivity contribution is -0.119. The molecule has 0 bridgehead atoms. The third-order valence-corrected chi connectivity index (χ3v) is 5.08. The van der Waals surface area contributed by atoms with Crippen molar-refractivity contribution in [2.24, 2.45) is 0 Å². The molecule has 30 heavy (non-hydrogen) atoms. The van der Waals surface area contributed by atoms with Gasteiger partial charge in [0.25, 0.3) is 11.7 Å². The number of carbonyl (C=O) groups is 2. The maximum atomic E-state index is 12.2. The molecular weight excluding hydrogens is 386 g/mol. The first-order valence-corrected chi connectivity index (χ1v) is 10.3. The molecule has 1 aliphatic heterocycles. The summed E-state index contributed by atoms with van der Waals surface area (Å²) in [6.07, 6.45) is 4.80. The minimum Gasteiger partial charge on any atom is -0.494 e. The van der Waals surface area contributed by atoms with E-state index in [2.05, 4.69) is 5.32 Å². The molecule has 0 saturated heterocycles. The van der Waals surface area contributed by atoms with Crippen molar-refractivity contribution in [1.29, 1.82) is 0 Å². The van der Waals surface area contributed by atoms with E-state index < -0.39 is 17.7 Å². The third-order valence-electron chi connectivity index (χ3n) is 5.08. The van der Waals surface area contributed by atoms with Crippen LogP contribution in [-0.2, 0) is 9.53 Å². The Labute approximate surface area is 175 Å². The minimum absolute atomic E-state index is 0.358. The lowest BCUT2D eigenvalue weighted by Gasteiger charge is -2.21. The maximum absolute atomic E-state index is 12.2. The smallest absolute Gasteiger partial charge is 0.338 e. The van der Waals surface area contributed by atoms with Crippen molar-refractivity contribution in [3.05, 3.63) is 48.0 Å². The summed E-state index contributed by atoms with van der Waals surface area (Å²) in [5.74, 6) is 0.456. The molecular formula is C23H25NO6. The molecule has 0 aromatic heterocycles. The van der Waals surface area contributed by atoms with E-state index in [1.165, 1.54) is 0 Å². The number of esters is 1. The van der Waals surface area contributed by atoms with Gasteiger partial charge in [0.2, 0.25) is 0 Å². The second-order valence-corrected chi connectivity index (χ2v) is 7.48. The lowest BCUT2D eigenvalue weighted by atomic mass is 10.2. The van der Waals surface area contributed by atoms with Gasteiger partial charge in [0.1, 0.15) is 5.75 Å². The lowest BCUT2D eigenvalue weighted by Crippen LogP contribution is -2.34. The van der Waals surface area contributed by atoms with Crippen molar-refractivity contribution in [3.8, 4) is 17.2 Å². The normalized spacial score (nSPS) is 15.8. The van der Waals surface area contributed by atoms with E-state index in [-0.39, 0.29) is 6.61 Å². The van der Waals surface area contributed by atoms with Crippen LogP contribution in [0.2, 0.25) is 0 Å². The Morgan fingerprint density at radius 1 is 1.03 bits per heavy atom. The Morgan fingerprint density at radius 2 is 1.77 bits per heavy atom. The number of fused-ring (bicyclic) bond motifs is 1. The van der Waals surface area contributed by atoms with Crippen LogP contribution in [0.1, 0.15) is 49.4 Å². The fourth-order valence-electron chi connectivity index (χ4n) is 3.61. The van der Waals surface area contributed by atoms with E-state index in [4.69, 9.17) is 18.9 Å². The molecule has 158 valence electrons. The van der Waals surface area contributed by atoms with Gasteiger partial charge in [-0.2, -0.15) is 0 Å². The van der Waals surface area contributed by atoms with E-state index in [0.717, 1.165) is 32.1 Å². The number of ether oxygens (including phenoxy) is 4. The number of hydrogen-bond donors (Lipinski definition) is 1. The Bertz CT molecular complexity index is 918. The predicted octanol–water partition coefficient (Wildman–Crippen LogP) is 4.31. The summed E-state index contributed by atoms with van der Waals surface area (Å²) in [5, 5.41) is 2.72. The number of anilines is 1. The number of hydrogen-bond acceptors (Lipinski definition) is 6. The van der Waals surface area contributed by atoms with Gasteiger partial charge in [-0.3, -0.25) is 4.79 Å². The van der Waals surface area contributed by atoms with Crippen LogP contribution in [0.15, 0.2) is 42.5 Å². The van der Waals surface area contributed by atoms with Crippen LogP contribution in [0.25, 0.3) is 0 Å². The summed E-state index contributed by atoms with van der Waals surface area (Å²) in [7, 11) is 0. The van der Waals surface area contributed by atoms with Gasteiger partial charge in [-0.05, 0) is 55.7 Å². The van der Waals surface area contributed by atoms with Crippen LogP contribution in [0.4, 0.5) is 5.69 Å². The predicted molar refractivity (Wildman–Crippen MR) is 110 cm³/mol. The number of carbonyl (C=O) groups excluding carboxylic acids is 2. The molecule has 2 aromatic rings. The summed E-state index contributed by atoms with van der Waals surface area (Å²) >= 11 is 0. The molecule has 1 fully saturated rings. The standard InChI is InChI=1S/C23H25NO6/c1-2-13-27-18-8-5-16(6-9-18)22(26)28-15-21(25)24-17-7-10-19-20(14-17)30-23(29-19)11-3-4-12-23/h5-10,14H,2-4,11-13,15H2,1H3,(H,24,25). The Balaban J connectivity index is 1.28. The molecule has 1 amide bonds. The average Bonchev–Trinajstić information content (AvgIpc) is 3.36. The molecule has 1 heterocycles. The van der Waals surface area contributed by atoms with Gasteiger partial charge in [0, 0.05) is 24.6 Å². The van der Waals surface area contributed by atoms with Gasteiger partial charge in [-0.15, -0.1) is 0 Å². The zero-order chi connectivity index (χ0) is 21.0. The molecule has 1 aliphatic carbocycles. The van der Waals surface area contributed by atoms with E-state index in [1.54, 1.807) is 42.5 Å². The van der Waals surface area contributed by atoms with Crippen molar-refractivity contribution in [3.63, 3.8) is 0 Å². The summed E-state index contributed by atoms with van der Waals surface area (Å²) < 4.78 is 22.5. The largest absolute Gasteiger partial charge is 0.494 e. The molecule has 1 saturated carbocycles.